The van der Waals surface area contributed by atoms with Crippen LogP contribution in [0.3, 0.4) is 0 Å². The number of nitrogens with zero attached hydrogens (tertiary/aromatic N) is 1. The van der Waals surface area contributed by atoms with E-state index in [9.17, 15) is 4.79 Å². The number of ether oxygens (including phenoxy) is 3. The van der Waals surface area contributed by atoms with Gasteiger partial charge in [-0.3, -0.25) is 4.79 Å². The largest absolute Gasteiger partial charge is 0.493 e. The van der Waals surface area contributed by atoms with E-state index >= 15 is 0 Å². The molecule has 1 atom stereocenters. The van der Waals surface area contributed by atoms with Crippen molar-refractivity contribution in [1.29, 1.82) is 0 Å². The Morgan fingerprint density at radius 2 is 2.07 bits per heavy atom. The van der Waals surface area contributed by atoms with Crippen LogP contribution in [-0.4, -0.2) is 50.3 Å². The highest BCUT2D eigenvalue weighted by atomic mass is 16.5. The molecule has 0 radical (unpaired) electrons. The molecule has 6 heteroatoms. The molecule has 0 fully saturated rings. The number of fused-ring (bicyclic) bond motifs is 2. The van der Waals surface area contributed by atoms with Crippen molar-refractivity contribution in [3.63, 3.8) is 0 Å². The molecule has 2 aromatic rings. The fraction of sp³-hybridized carbons (Fsp3) is 0.458. The summed E-state index contributed by atoms with van der Waals surface area (Å²) in [7, 11) is 4.03. The summed E-state index contributed by atoms with van der Waals surface area (Å²) in [6.07, 6.45) is 1.77. The van der Waals surface area contributed by atoms with Gasteiger partial charge in [-0.05, 0) is 51.2 Å². The Bertz CT molecular complexity index is 939. The van der Waals surface area contributed by atoms with Gasteiger partial charge in [0.2, 0.25) is 0 Å². The van der Waals surface area contributed by atoms with Gasteiger partial charge in [0, 0.05) is 24.9 Å². The van der Waals surface area contributed by atoms with Gasteiger partial charge in [0.15, 0.2) is 18.1 Å². The highest BCUT2D eigenvalue weighted by molar-refractivity contribution is 5.77. The first-order valence-corrected chi connectivity index (χ1v) is 10.4. The molecule has 6 nitrogen and oxygen atoms in total. The normalized spacial score (nSPS) is 17.0. The van der Waals surface area contributed by atoms with Gasteiger partial charge >= 0.3 is 0 Å². The maximum Gasteiger partial charge on any atom is 0.258 e. The molecular weight excluding hydrogens is 380 g/mol. The number of hydrogen-bond donors (Lipinski definition) is 1. The lowest BCUT2D eigenvalue weighted by Crippen LogP contribution is -2.37. The van der Waals surface area contributed by atoms with Gasteiger partial charge in [0.1, 0.15) is 11.4 Å². The number of rotatable bonds is 7. The second-order valence-electron chi connectivity index (χ2n) is 8.82. The van der Waals surface area contributed by atoms with Crippen LogP contribution in [-0.2, 0) is 17.6 Å². The minimum absolute atomic E-state index is 0.0432. The first kappa shape index (κ1) is 20.5. The maximum atomic E-state index is 12.5. The molecule has 0 bridgehead atoms. The monoisotopic (exact) mass is 410 g/mol. The number of likely N-dealkylation sites (N-methyl/N-ethyl adjacent to an activating group) is 1. The summed E-state index contributed by atoms with van der Waals surface area (Å²) in [5.41, 5.74) is 3.27. The summed E-state index contributed by atoms with van der Waals surface area (Å²) in [4.78, 5) is 14.6. The minimum atomic E-state index is -0.246. The Morgan fingerprint density at radius 3 is 2.87 bits per heavy atom. The topological polar surface area (TPSA) is 60.0 Å². The van der Waals surface area contributed by atoms with Crippen LogP contribution in [0.1, 0.15) is 36.6 Å². The lowest BCUT2D eigenvalue weighted by Gasteiger charge is -2.25. The average Bonchev–Trinajstić information content (AvgIpc) is 3.28. The quantitative estimate of drug-likeness (QED) is 0.760. The highest BCUT2D eigenvalue weighted by Gasteiger charge is 2.32. The molecule has 2 aliphatic heterocycles. The van der Waals surface area contributed by atoms with Gasteiger partial charge < -0.3 is 24.4 Å². The van der Waals surface area contributed by atoms with Gasteiger partial charge in [0.25, 0.3) is 5.91 Å². The lowest BCUT2D eigenvalue weighted by atomic mass is 10.0. The smallest absolute Gasteiger partial charge is 0.258 e. The van der Waals surface area contributed by atoms with Gasteiger partial charge in [0.05, 0.1) is 12.6 Å². The zero-order valence-electron chi connectivity index (χ0n) is 18.2. The number of para-hydroxylation sites is 1. The van der Waals surface area contributed by atoms with Crippen LogP contribution in [0.4, 0.5) is 0 Å². The summed E-state index contributed by atoms with van der Waals surface area (Å²) in [6, 6.07) is 12.2. The molecule has 4 rings (SSSR count). The van der Waals surface area contributed by atoms with Crippen molar-refractivity contribution in [3.05, 3.63) is 53.1 Å². The molecular formula is C24H30N2O4. The zero-order valence-corrected chi connectivity index (χ0v) is 18.2. The molecule has 0 aromatic heterocycles. The minimum Gasteiger partial charge on any atom is -0.493 e. The first-order valence-electron chi connectivity index (χ1n) is 10.4. The van der Waals surface area contributed by atoms with Crippen molar-refractivity contribution in [2.24, 2.45) is 0 Å². The molecule has 2 aromatic carbocycles. The number of carbonyl (C=O) groups is 1. The molecule has 0 aliphatic carbocycles. The SMILES string of the molecule is CN(C)C(CNC(=O)COc1cccc2c1OC(C)(C)C2)c1ccc2c(c1)CCO2. The number of carbonyl (C=O) groups excluding carboxylic acids is 1. The van der Waals surface area contributed by atoms with Gasteiger partial charge in [-0.1, -0.05) is 24.3 Å². The van der Waals surface area contributed by atoms with E-state index in [0.717, 1.165) is 36.5 Å². The summed E-state index contributed by atoms with van der Waals surface area (Å²) >= 11 is 0. The number of amides is 1. The summed E-state index contributed by atoms with van der Waals surface area (Å²) in [5, 5.41) is 3.01. The van der Waals surface area contributed by atoms with Crippen molar-refractivity contribution >= 4 is 5.91 Å². The lowest BCUT2D eigenvalue weighted by molar-refractivity contribution is -0.123. The van der Waals surface area contributed by atoms with Crippen LogP contribution in [0.5, 0.6) is 17.2 Å². The van der Waals surface area contributed by atoms with Gasteiger partial charge in [-0.2, -0.15) is 0 Å². The highest BCUT2D eigenvalue weighted by Crippen LogP contribution is 2.41. The number of nitrogens with one attached hydrogen (secondary N) is 1. The molecule has 1 unspecified atom stereocenters. The average molecular weight is 411 g/mol. The van der Waals surface area contributed by atoms with E-state index in [-0.39, 0.29) is 24.2 Å². The second-order valence-corrected chi connectivity index (χ2v) is 8.82. The van der Waals surface area contributed by atoms with E-state index < -0.39 is 0 Å². The molecule has 30 heavy (non-hydrogen) atoms. The fourth-order valence-electron chi connectivity index (χ4n) is 4.12. The predicted octanol–water partition coefficient (Wildman–Crippen LogP) is 3.13. The van der Waals surface area contributed by atoms with Crippen molar-refractivity contribution in [2.45, 2.75) is 38.3 Å². The molecule has 0 saturated carbocycles. The van der Waals surface area contributed by atoms with Crippen LogP contribution in [0, 0.1) is 0 Å². The van der Waals surface area contributed by atoms with Gasteiger partial charge in [-0.25, -0.2) is 0 Å². The summed E-state index contributed by atoms with van der Waals surface area (Å²) < 4.78 is 17.4. The standard InChI is InChI=1S/C24H30N2O4/c1-24(2)13-18-6-5-7-21(23(18)30-24)29-15-22(27)25-14-19(26(3)4)16-8-9-20-17(12-16)10-11-28-20/h5-9,12,19H,10-11,13-15H2,1-4H3,(H,25,27). The Balaban J connectivity index is 1.35. The third kappa shape index (κ3) is 4.38. The van der Waals surface area contributed by atoms with Crippen LogP contribution in [0.2, 0.25) is 0 Å². The van der Waals surface area contributed by atoms with E-state index in [2.05, 4.69) is 36.2 Å². The molecule has 2 heterocycles. The second kappa shape index (κ2) is 8.19. The van der Waals surface area contributed by atoms with E-state index in [1.54, 1.807) is 0 Å². The van der Waals surface area contributed by atoms with Crippen molar-refractivity contribution in [3.8, 4) is 17.2 Å². The van der Waals surface area contributed by atoms with Crippen LogP contribution < -0.4 is 19.5 Å². The van der Waals surface area contributed by atoms with E-state index in [1.807, 2.05) is 38.4 Å². The number of benzene rings is 2. The first-order chi connectivity index (χ1) is 14.3. The van der Waals surface area contributed by atoms with Crippen LogP contribution in [0.15, 0.2) is 36.4 Å². The summed E-state index contributed by atoms with van der Waals surface area (Å²) in [5.74, 6) is 2.19. The molecule has 1 amide bonds. The maximum absolute atomic E-state index is 12.5. The van der Waals surface area contributed by atoms with E-state index in [0.29, 0.717) is 12.3 Å². The Labute approximate surface area is 178 Å². The molecule has 0 spiro atoms. The Hall–Kier alpha value is -2.73. The predicted molar refractivity (Wildman–Crippen MR) is 115 cm³/mol. The summed E-state index contributed by atoms with van der Waals surface area (Å²) in [6.45, 7) is 5.30. The van der Waals surface area contributed by atoms with Crippen molar-refractivity contribution < 1.29 is 19.0 Å². The number of hydrogen-bond acceptors (Lipinski definition) is 5. The molecule has 160 valence electrons. The third-order valence-electron chi connectivity index (χ3n) is 5.63. The van der Waals surface area contributed by atoms with E-state index in [1.165, 1.54) is 11.1 Å². The van der Waals surface area contributed by atoms with Crippen molar-refractivity contribution in [1.82, 2.24) is 10.2 Å². The van der Waals surface area contributed by atoms with Crippen LogP contribution in [0.25, 0.3) is 0 Å². The third-order valence-corrected chi connectivity index (χ3v) is 5.63. The molecule has 2 aliphatic rings. The molecule has 1 N–H and O–H groups in total. The van der Waals surface area contributed by atoms with Gasteiger partial charge in [-0.15, -0.1) is 0 Å². The zero-order chi connectivity index (χ0) is 21.3. The fourth-order valence-corrected chi connectivity index (χ4v) is 4.12. The molecule has 0 saturated heterocycles. The van der Waals surface area contributed by atoms with Crippen molar-refractivity contribution in [2.75, 3.05) is 33.9 Å². The van der Waals surface area contributed by atoms with E-state index in [4.69, 9.17) is 14.2 Å². The Kier molecular flexibility index (Phi) is 5.60. The van der Waals surface area contributed by atoms with Crippen LogP contribution >= 0.6 is 0 Å². The Morgan fingerprint density at radius 1 is 1.23 bits per heavy atom.